The molecule has 2 aromatic rings. The van der Waals surface area contributed by atoms with Crippen molar-refractivity contribution < 1.29 is 19.4 Å². The van der Waals surface area contributed by atoms with Gasteiger partial charge in [0.05, 0.1) is 12.1 Å². The van der Waals surface area contributed by atoms with Crippen LogP contribution < -0.4 is 5.32 Å². The normalized spacial score (nSPS) is 26.3. The quantitative estimate of drug-likeness (QED) is 0.227. The van der Waals surface area contributed by atoms with Crippen molar-refractivity contribution in [2.45, 2.75) is 82.6 Å². The first-order chi connectivity index (χ1) is 15.8. The summed E-state index contributed by atoms with van der Waals surface area (Å²) in [5.41, 5.74) is 1.29. The fourth-order valence-electron chi connectivity index (χ4n) is 4.42. The fourth-order valence-corrected chi connectivity index (χ4v) is 5.12. The number of carboxylic acids is 1. The molecule has 11 heteroatoms. The molecule has 0 radical (unpaired) electrons. The highest BCUT2D eigenvalue weighted by Gasteiger charge is 2.54. The van der Waals surface area contributed by atoms with Crippen molar-refractivity contribution in [3.8, 4) is 0 Å². The molecule has 2 fully saturated rings. The van der Waals surface area contributed by atoms with Crippen LogP contribution in [0.15, 0.2) is 17.3 Å². The van der Waals surface area contributed by atoms with E-state index in [9.17, 15) is 4.79 Å². The van der Waals surface area contributed by atoms with Crippen LogP contribution in [0, 0.1) is 5.92 Å². The van der Waals surface area contributed by atoms with Crippen LogP contribution in [0.4, 0.5) is 5.82 Å². The lowest BCUT2D eigenvalue weighted by atomic mass is 10.0. The summed E-state index contributed by atoms with van der Waals surface area (Å²) in [7, 11) is 0. The summed E-state index contributed by atoms with van der Waals surface area (Å²) in [6.45, 7) is 8.82. The molecule has 10 nitrogen and oxygen atoms in total. The van der Waals surface area contributed by atoms with E-state index in [4.69, 9.17) is 24.5 Å². The Balaban J connectivity index is 1.71. The molecule has 4 atom stereocenters. The molecule has 2 aliphatic rings. The Morgan fingerprint density at radius 2 is 2.06 bits per heavy atom. The van der Waals surface area contributed by atoms with Crippen LogP contribution in [0.1, 0.15) is 59.4 Å². The van der Waals surface area contributed by atoms with Gasteiger partial charge in [0.1, 0.15) is 6.10 Å². The predicted octanol–water partition coefficient (Wildman–Crippen LogP) is 3.66. The summed E-state index contributed by atoms with van der Waals surface area (Å²) >= 11 is 1.61. The van der Waals surface area contributed by atoms with Gasteiger partial charge in [-0.2, -0.15) is 0 Å². The number of aliphatic carboxylic acids is 1. The highest BCUT2D eigenvalue weighted by atomic mass is 32.2. The molecule has 2 aromatic heterocycles. The van der Waals surface area contributed by atoms with Gasteiger partial charge in [-0.3, -0.25) is 0 Å². The van der Waals surface area contributed by atoms with E-state index in [2.05, 4.69) is 29.5 Å². The number of hydrogen-bond donors (Lipinski definition) is 2. The number of thioether (sulfide) groups is 1. The minimum atomic E-state index is -0.979. The van der Waals surface area contributed by atoms with Crippen LogP contribution in [0.3, 0.4) is 0 Å². The van der Waals surface area contributed by atoms with Crippen LogP contribution in [0.2, 0.25) is 0 Å². The van der Waals surface area contributed by atoms with Crippen molar-refractivity contribution >= 4 is 34.7 Å². The van der Waals surface area contributed by atoms with Crippen molar-refractivity contribution in [2.75, 3.05) is 17.6 Å². The monoisotopic (exact) mass is 476 g/mol. The number of carbonyl (C=O) groups is 1. The summed E-state index contributed by atoms with van der Waals surface area (Å²) in [6.07, 6.45) is 6.06. The van der Waals surface area contributed by atoms with E-state index in [1.807, 2.05) is 18.5 Å². The minimum absolute atomic E-state index is 0.116. The van der Waals surface area contributed by atoms with Crippen molar-refractivity contribution in [1.82, 2.24) is 25.0 Å². The molecule has 1 saturated heterocycles. The lowest BCUT2D eigenvalue weighted by Crippen LogP contribution is -2.28. The lowest BCUT2D eigenvalue weighted by molar-refractivity contribution is -0.158. The van der Waals surface area contributed by atoms with E-state index < -0.39 is 11.8 Å². The van der Waals surface area contributed by atoms with E-state index in [-0.39, 0.29) is 24.2 Å². The number of hydrogen-bond acceptors (Lipinski definition) is 9. The molecule has 4 rings (SSSR count). The average molecular weight is 477 g/mol. The van der Waals surface area contributed by atoms with Gasteiger partial charge in [-0.05, 0) is 33.1 Å². The van der Waals surface area contributed by atoms with Gasteiger partial charge >= 0.3 is 5.97 Å². The smallest absolute Gasteiger partial charge is 0.327 e. The first-order valence-electron chi connectivity index (χ1n) is 11.6. The molecule has 180 valence electrons. The zero-order chi connectivity index (χ0) is 23.6. The Labute approximate surface area is 197 Å². The summed E-state index contributed by atoms with van der Waals surface area (Å²) in [5, 5.41) is 22.1. The minimum Gasteiger partial charge on any atom is -0.478 e. The third kappa shape index (κ3) is 5.15. The molecule has 3 heterocycles. The van der Waals surface area contributed by atoms with Crippen molar-refractivity contribution in [1.29, 1.82) is 0 Å². The Bertz CT molecular complexity index is 1030. The zero-order valence-corrected chi connectivity index (χ0v) is 20.3. The molecule has 0 bridgehead atoms. The molecule has 0 aromatic carbocycles. The van der Waals surface area contributed by atoms with Gasteiger partial charge in [0.25, 0.3) is 0 Å². The number of aromatic nitrogens is 5. The van der Waals surface area contributed by atoms with Gasteiger partial charge in [0.2, 0.25) is 0 Å². The van der Waals surface area contributed by atoms with Crippen LogP contribution in [-0.2, 0) is 14.3 Å². The Kier molecular flexibility index (Phi) is 7.20. The fraction of sp³-hybridized carbons (Fsp3) is 0.682. The number of rotatable bonds is 10. The highest BCUT2D eigenvalue weighted by Crippen LogP contribution is 2.47. The molecule has 1 saturated carbocycles. The van der Waals surface area contributed by atoms with Gasteiger partial charge in [-0.1, -0.05) is 43.3 Å². The second-order valence-electron chi connectivity index (χ2n) is 8.92. The summed E-state index contributed by atoms with van der Waals surface area (Å²) in [4.78, 5) is 20.6. The van der Waals surface area contributed by atoms with Crippen LogP contribution in [-0.4, -0.2) is 66.3 Å². The number of carboxylic acid groups (broad SMARTS) is 1. The van der Waals surface area contributed by atoms with Gasteiger partial charge in [0, 0.05) is 24.3 Å². The number of nitrogens with one attached hydrogen (secondary N) is 1. The Morgan fingerprint density at radius 1 is 1.27 bits per heavy atom. The van der Waals surface area contributed by atoms with Crippen molar-refractivity contribution in [2.24, 2.45) is 5.92 Å². The van der Waals surface area contributed by atoms with Crippen LogP contribution in [0.5, 0.6) is 0 Å². The number of ether oxygens (including phenoxy) is 2. The molecule has 33 heavy (non-hydrogen) atoms. The summed E-state index contributed by atoms with van der Waals surface area (Å²) in [6, 6.07) is -0.187. The average Bonchev–Trinajstić information content (AvgIpc) is 3.41. The van der Waals surface area contributed by atoms with E-state index in [0.717, 1.165) is 31.6 Å². The van der Waals surface area contributed by atoms with Gasteiger partial charge < -0.3 is 19.9 Å². The van der Waals surface area contributed by atoms with Crippen LogP contribution in [0.25, 0.3) is 11.2 Å². The third-order valence-electron chi connectivity index (χ3n) is 5.84. The topological polar surface area (TPSA) is 124 Å². The van der Waals surface area contributed by atoms with E-state index in [1.165, 1.54) is 6.08 Å². The first kappa shape index (κ1) is 23.9. The molecule has 0 amide bonds. The predicted molar refractivity (Wildman–Crippen MR) is 125 cm³/mol. The maximum absolute atomic E-state index is 11.1. The lowest BCUT2D eigenvalue weighted by Gasteiger charge is -2.22. The second-order valence-corrected chi connectivity index (χ2v) is 9.98. The second kappa shape index (κ2) is 9.94. The Hall–Kier alpha value is -2.24. The Morgan fingerprint density at radius 3 is 2.79 bits per heavy atom. The maximum Gasteiger partial charge on any atom is 0.327 e. The van der Waals surface area contributed by atoms with Gasteiger partial charge in [-0.25, -0.2) is 19.4 Å². The molecular weight excluding hydrogens is 444 g/mol. The molecule has 0 spiro atoms. The molecule has 0 unspecified atom stereocenters. The zero-order valence-electron chi connectivity index (χ0n) is 19.5. The largest absolute Gasteiger partial charge is 0.478 e. The number of fused-ring (bicyclic) bond motifs is 2. The maximum atomic E-state index is 11.1. The molecule has 1 aliphatic carbocycles. The van der Waals surface area contributed by atoms with Gasteiger partial charge in [-0.15, -0.1) is 5.10 Å². The van der Waals surface area contributed by atoms with E-state index in [0.29, 0.717) is 28.6 Å². The van der Waals surface area contributed by atoms with Crippen molar-refractivity contribution in [3.05, 3.63) is 12.2 Å². The van der Waals surface area contributed by atoms with Crippen molar-refractivity contribution in [3.63, 3.8) is 0 Å². The highest BCUT2D eigenvalue weighted by molar-refractivity contribution is 7.99. The van der Waals surface area contributed by atoms with E-state index in [1.54, 1.807) is 17.8 Å². The van der Waals surface area contributed by atoms with Gasteiger partial charge in [0.15, 0.2) is 27.9 Å². The molecular formula is C22H32N6O4S. The molecule has 1 aliphatic heterocycles. The summed E-state index contributed by atoms with van der Waals surface area (Å²) < 4.78 is 14.2. The summed E-state index contributed by atoms with van der Waals surface area (Å²) in [5.74, 6) is -0.242. The van der Waals surface area contributed by atoms with E-state index >= 15 is 0 Å². The number of anilines is 1. The SMILES string of the molecule is CCCCNc1nc(SCCC)nc2c1nnn2[C@@H]1C[C@H](C=CC(=O)O)[C@H]2OC(C)(C)O[C@H]21. The first-order valence-corrected chi connectivity index (χ1v) is 12.6. The number of nitrogens with zero attached hydrogens (tertiary/aromatic N) is 5. The third-order valence-corrected chi connectivity index (χ3v) is 6.89. The molecule has 2 N–H and O–H groups in total. The number of unbranched alkanes of at least 4 members (excludes halogenated alkanes) is 1. The standard InChI is InChI=1S/C22H32N6O4S/c1-5-7-10-23-19-16-20(25-21(24-19)33-11-6-2)28(27-26-16)14-12-13(8-9-15(29)30)17-18(14)32-22(3,4)31-17/h8-9,13-14,17-18H,5-7,10-12H2,1-4H3,(H,29,30)(H,23,24,25)/t13-,14+,17+,18-/m0/s1. The van der Waals surface area contributed by atoms with Crippen LogP contribution >= 0.6 is 11.8 Å².